The summed E-state index contributed by atoms with van der Waals surface area (Å²) in [7, 11) is 0. The van der Waals surface area contributed by atoms with Gasteiger partial charge in [-0.3, -0.25) is 0 Å². The minimum atomic E-state index is 0.229. The zero-order valence-corrected chi connectivity index (χ0v) is 13.5. The van der Waals surface area contributed by atoms with Crippen molar-refractivity contribution in [3.63, 3.8) is 0 Å². The lowest BCUT2D eigenvalue weighted by atomic mass is 9.99. The van der Waals surface area contributed by atoms with Crippen LogP contribution in [0.2, 0.25) is 0 Å². The van der Waals surface area contributed by atoms with E-state index in [1.54, 1.807) is 0 Å². The Morgan fingerprint density at radius 2 is 1.57 bits per heavy atom. The van der Waals surface area contributed by atoms with Crippen LogP contribution in [0.3, 0.4) is 0 Å². The summed E-state index contributed by atoms with van der Waals surface area (Å²) in [6, 6.07) is 20.9. The molecule has 0 spiro atoms. The molecule has 1 nitrogen and oxygen atoms in total. The van der Waals surface area contributed by atoms with Crippen LogP contribution in [0.25, 0.3) is 6.08 Å². The van der Waals surface area contributed by atoms with Crippen LogP contribution < -0.4 is 0 Å². The predicted octanol–water partition coefficient (Wildman–Crippen LogP) is 5.50. The van der Waals surface area contributed by atoms with Crippen LogP contribution in [-0.4, -0.2) is 6.10 Å². The van der Waals surface area contributed by atoms with Gasteiger partial charge in [-0.1, -0.05) is 78.9 Å². The molecule has 3 rings (SSSR count). The number of rotatable bonds is 6. The molecular formula is C22H24O. The van der Waals surface area contributed by atoms with Gasteiger partial charge in [0.05, 0.1) is 12.7 Å². The average Bonchev–Trinajstić information content (AvgIpc) is 3.02. The summed E-state index contributed by atoms with van der Waals surface area (Å²) in [5.41, 5.74) is 2.48. The second-order valence-electron chi connectivity index (χ2n) is 6.17. The molecule has 1 saturated carbocycles. The maximum absolute atomic E-state index is 6.27. The molecule has 0 radical (unpaired) electrons. The summed E-state index contributed by atoms with van der Waals surface area (Å²) in [6.07, 6.45) is 9.15. The maximum atomic E-state index is 6.27. The van der Waals surface area contributed by atoms with Gasteiger partial charge in [-0.15, -0.1) is 6.58 Å². The molecule has 0 N–H and O–H groups in total. The van der Waals surface area contributed by atoms with Crippen molar-refractivity contribution in [3.8, 4) is 0 Å². The molecule has 3 atom stereocenters. The van der Waals surface area contributed by atoms with Crippen LogP contribution >= 0.6 is 0 Å². The lowest BCUT2D eigenvalue weighted by molar-refractivity contribution is 0.00999. The highest BCUT2D eigenvalue weighted by Gasteiger charge is 2.33. The lowest BCUT2D eigenvalue weighted by Gasteiger charge is -2.22. The van der Waals surface area contributed by atoms with E-state index in [1.807, 2.05) is 12.1 Å². The smallest absolute Gasteiger partial charge is 0.0721 e. The van der Waals surface area contributed by atoms with Crippen molar-refractivity contribution < 1.29 is 4.74 Å². The van der Waals surface area contributed by atoms with Crippen molar-refractivity contribution in [2.24, 2.45) is 11.8 Å². The van der Waals surface area contributed by atoms with Gasteiger partial charge >= 0.3 is 0 Å². The molecule has 0 aromatic heterocycles. The van der Waals surface area contributed by atoms with Crippen molar-refractivity contribution in [1.82, 2.24) is 0 Å². The number of ether oxygens (including phenoxy) is 1. The van der Waals surface area contributed by atoms with Gasteiger partial charge in [0.1, 0.15) is 0 Å². The third kappa shape index (κ3) is 4.20. The summed E-state index contributed by atoms with van der Waals surface area (Å²) in [4.78, 5) is 0. The molecule has 0 saturated heterocycles. The van der Waals surface area contributed by atoms with Gasteiger partial charge in [0.2, 0.25) is 0 Å². The molecule has 1 aliphatic rings. The number of hydrogen-bond acceptors (Lipinski definition) is 1. The predicted molar refractivity (Wildman–Crippen MR) is 96.9 cm³/mol. The second kappa shape index (κ2) is 7.94. The van der Waals surface area contributed by atoms with E-state index in [-0.39, 0.29) is 6.10 Å². The zero-order valence-electron chi connectivity index (χ0n) is 13.5. The maximum Gasteiger partial charge on any atom is 0.0721 e. The summed E-state index contributed by atoms with van der Waals surface area (Å²) >= 11 is 0. The monoisotopic (exact) mass is 304 g/mol. The van der Waals surface area contributed by atoms with Crippen molar-refractivity contribution in [3.05, 3.63) is 90.5 Å². The van der Waals surface area contributed by atoms with E-state index in [0.717, 1.165) is 6.42 Å². The van der Waals surface area contributed by atoms with Crippen molar-refractivity contribution in [2.45, 2.75) is 25.6 Å². The molecule has 0 amide bonds. The molecule has 0 aliphatic heterocycles. The fraction of sp³-hybridized carbons (Fsp3) is 0.273. The van der Waals surface area contributed by atoms with E-state index in [0.29, 0.717) is 18.4 Å². The van der Waals surface area contributed by atoms with Crippen LogP contribution in [0.5, 0.6) is 0 Å². The molecule has 2 aromatic rings. The molecule has 23 heavy (non-hydrogen) atoms. The van der Waals surface area contributed by atoms with E-state index in [2.05, 4.69) is 73.3 Å². The van der Waals surface area contributed by atoms with Gasteiger partial charge < -0.3 is 4.74 Å². The van der Waals surface area contributed by atoms with Crippen LogP contribution in [0.4, 0.5) is 0 Å². The van der Waals surface area contributed by atoms with Gasteiger partial charge in [0.25, 0.3) is 0 Å². The van der Waals surface area contributed by atoms with Gasteiger partial charge in [-0.25, -0.2) is 0 Å². The largest absolute Gasteiger partial charge is 0.372 e. The Hall–Kier alpha value is -2.12. The topological polar surface area (TPSA) is 9.23 Å². The highest BCUT2D eigenvalue weighted by atomic mass is 16.5. The molecule has 1 heteroatoms. The molecule has 118 valence electrons. The van der Waals surface area contributed by atoms with E-state index in [1.165, 1.54) is 17.5 Å². The SMILES string of the molecule is C=C[C@H]1CC[C@@H](/C=C/c2ccccc2)[C@H]1OCc1ccccc1. The fourth-order valence-electron chi connectivity index (χ4n) is 3.30. The first-order valence-corrected chi connectivity index (χ1v) is 8.38. The Morgan fingerprint density at radius 1 is 0.913 bits per heavy atom. The Balaban J connectivity index is 1.66. The first-order chi connectivity index (χ1) is 11.4. The molecule has 2 aromatic carbocycles. The summed E-state index contributed by atoms with van der Waals surface area (Å²) in [5, 5.41) is 0. The van der Waals surface area contributed by atoms with Crippen molar-refractivity contribution >= 4 is 6.08 Å². The Bertz CT molecular complexity index is 630. The average molecular weight is 304 g/mol. The fourth-order valence-corrected chi connectivity index (χ4v) is 3.30. The third-order valence-electron chi connectivity index (χ3n) is 4.60. The second-order valence-corrected chi connectivity index (χ2v) is 6.17. The van der Waals surface area contributed by atoms with Gasteiger partial charge in [0, 0.05) is 11.8 Å². The van der Waals surface area contributed by atoms with Crippen LogP contribution in [0.1, 0.15) is 24.0 Å². The third-order valence-corrected chi connectivity index (χ3v) is 4.60. The molecule has 0 heterocycles. The number of hydrogen-bond donors (Lipinski definition) is 0. The molecule has 0 unspecified atom stereocenters. The first kappa shape index (κ1) is 15.8. The van der Waals surface area contributed by atoms with E-state index in [9.17, 15) is 0 Å². The molecule has 0 bridgehead atoms. The summed E-state index contributed by atoms with van der Waals surface area (Å²) in [5.74, 6) is 0.908. The van der Waals surface area contributed by atoms with Crippen molar-refractivity contribution in [2.75, 3.05) is 0 Å². The van der Waals surface area contributed by atoms with E-state index < -0.39 is 0 Å². The first-order valence-electron chi connectivity index (χ1n) is 8.38. The Labute approximate surface area is 139 Å². The van der Waals surface area contributed by atoms with Crippen molar-refractivity contribution in [1.29, 1.82) is 0 Å². The number of benzene rings is 2. The standard InChI is InChI=1S/C22H24O/c1-2-20-15-16-21(14-13-18-9-5-3-6-10-18)22(20)23-17-19-11-7-4-8-12-19/h2-14,20-22H,1,15-17H2/b14-13+/t20-,21+,22-/m0/s1. The quantitative estimate of drug-likeness (QED) is 0.640. The van der Waals surface area contributed by atoms with E-state index in [4.69, 9.17) is 4.74 Å². The van der Waals surface area contributed by atoms with Crippen LogP contribution in [0.15, 0.2) is 79.4 Å². The van der Waals surface area contributed by atoms with Crippen LogP contribution in [0, 0.1) is 11.8 Å². The Morgan fingerprint density at radius 3 is 2.26 bits per heavy atom. The van der Waals surface area contributed by atoms with Gasteiger partial charge in [-0.2, -0.15) is 0 Å². The normalized spacial score (nSPS) is 24.1. The van der Waals surface area contributed by atoms with Gasteiger partial charge in [0.15, 0.2) is 0 Å². The minimum absolute atomic E-state index is 0.229. The van der Waals surface area contributed by atoms with E-state index >= 15 is 0 Å². The molecule has 1 fully saturated rings. The highest BCUT2D eigenvalue weighted by Crippen LogP contribution is 2.36. The molecular weight excluding hydrogens is 280 g/mol. The molecule has 1 aliphatic carbocycles. The minimum Gasteiger partial charge on any atom is -0.372 e. The zero-order chi connectivity index (χ0) is 15.9. The summed E-state index contributed by atoms with van der Waals surface area (Å²) < 4.78 is 6.27. The Kier molecular flexibility index (Phi) is 5.44. The summed E-state index contributed by atoms with van der Waals surface area (Å²) in [6.45, 7) is 4.67. The van der Waals surface area contributed by atoms with Gasteiger partial charge in [-0.05, 0) is 24.0 Å². The lowest BCUT2D eigenvalue weighted by Crippen LogP contribution is -2.23. The van der Waals surface area contributed by atoms with Crippen LogP contribution in [-0.2, 0) is 11.3 Å². The highest BCUT2D eigenvalue weighted by molar-refractivity contribution is 5.49.